The normalized spacial score (nSPS) is 14.4. The molecule has 2 aromatic rings. The number of benzene rings is 1. The van der Waals surface area contributed by atoms with Crippen LogP contribution >= 0.6 is 11.8 Å². The smallest absolute Gasteiger partial charge is 0.220 e. The van der Waals surface area contributed by atoms with Crippen molar-refractivity contribution in [3.8, 4) is 5.88 Å². The summed E-state index contributed by atoms with van der Waals surface area (Å²) >= 11 is 1.34. The fourth-order valence-electron chi connectivity index (χ4n) is 3.14. The van der Waals surface area contributed by atoms with Crippen molar-refractivity contribution < 1.29 is 23.1 Å². The zero-order chi connectivity index (χ0) is 20.6. The minimum absolute atomic E-state index is 0.160. The Labute approximate surface area is 169 Å². The van der Waals surface area contributed by atoms with E-state index < -0.39 is 9.84 Å². The Balaban J connectivity index is 2.10. The highest BCUT2D eigenvalue weighted by Gasteiger charge is 2.35. The summed E-state index contributed by atoms with van der Waals surface area (Å²) in [6.07, 6.45) is 3.05. The highest BCUT2D eigenvalue weighted by atomic mass is 32.2. The maximum absolute atomic E-state index is 13.3. The average molecular weight is 425 g/mol. The van der Waals surface area contributed by atoms with E-state index in [1.165, 1.54) is 28.6 Å². The monoisotopic (exact) mass is 424 g/mol. The van der Waals surface area contributed by atoms with E-state index in [9.17, 15) is 18.3 Å². The molecule has 1 fully saturated rings. The summed E-state index contributed by atoms with van der Waals surface area (Å²) in [5, 5.41) is 14.7. The molecular weight excluding hydrogens is 400 g/mol. The van der Waals surface area contributed by atoms with E-state index in [0.29, 0.717) is 34.1 Å². The number of carbonyl (C=O) groups excluding carboxylic acids is 1. The molecule has 152 valence electrons. The van der Waals surface area contributed by atoms with Crippen molar-refractivity contribution in [2.45, 2.75) is 35.5 Å². The second kappa shape index (κ2) is 7.88. The molecule has 1 aliphatic rings. The van der Waals surface area contributed by atoms with E-state index in [4.69, 9.17) is 4.74 Å². The van der Waals surface area contributed by atoms with Crippen molar-refractivity contribution in [2.75, 3.05) is 25.7 Å². The Hall–Kier alpha value is -1.84. The van der Waals surface area contributed by atoms with Crippen LogP contribution in [0.5, 0.6) is 5.88 Å². The number of carbonyl (C=O) groups is 1. The molecule has 1 N–H and O–H groups in total. The maximum Gasteiger partial charge on any atom is 0.220 e. The lowest BCUT2D eigenvalue weighted by atomic mass is 9.98. The van der Waals surface area contributed by atoms with Gasteiger partial charge >= 0.3 is 0 Å². The first-order valence-corrected chi connectivity index (χ1v) is 11.8. The van der Waals surface area contributed by atoms with Crippen LogP contribution in [0.1, 0.15) is 45.9 Å². The Morgan fingerprint density at radius 3 is 2.64 bits per heavy atom. The minimum atomic E-state index is -3.45. The van der Waals surface area contributed by atoms with Crippen LogP contribution in [0.4, 0.5) is 0 Å². The van der Waals surface area contributed by atoms with Gasteiger partial charge in [-0.3, -0.25) is 4.79 Å². The van der Waals surface area contributed by atoms with Crippen LogP contribution < -0.4 is 0 Å². The summed E-state index contributed by atoms with van der Waals surface area (Å²) in [5.41, 5.74) is 1.79. The van der Waals surface area contributed by atoms with E-state index in [2.05, 4.69) is 5.10 Å². The third-order valence-corrected chi connectivity index (χ3v) is 7.24. The van der Waals surface area contributed by atoms with Crippen LogP contribution in [0.15, 0.2) is 21.9 Å². The first-order valence-electron chi connectivity index (χ1n) is 8.92. The van der Waals surface area contributed by atoms with Crippen LogP contribution in [0.3, 0.4) is 0 Å². The second-order valence-corrected chi connectivity index (χ2v) is 10.1. The zero-order valence-corrected chi connectivity index (χ0v) is 18.0. The number of ketones is 1. The second-order valence-electron chi connectivity index (χ2n) is 6.99. The fourth-order valence-corrected chi connectivity index (χ4v) is 5.57. The SMILES string of the molecule is COCCSc1c(S(C)(=O)=O)ccc(C(=O)c2c(C3CC3)nn(C)c2O)c1C. The standard InChI is InChI=1S/C19H24N2O5S2/c1-11-13(7-8-14(28(4,24)25)18(11)27-10-9-26-3)17(22)15-16(12-5-6-12)20-21(2)19(15)23/h7-8,12,23H,5-6,9-10H2,1-4H3. The number of ether oxygens (including phenoxy) is 1. The minimum Gasteiger partial charge on any atom is -0.493 e. The molecule has 0 radical (unpaired) electrons. The molecule has 0 bridgehead atoms. The summed E-state index contributed by atoms with van der Waals surface area (Å²) in [4.78, 5) is 14.0. The van der Waals surface area contributed by atoms with Gasteiger partial charge in [0.1, 0.15) is 5.56 Å². The molecule has 0 spiro atoms. The van der Waals surface area contributed by atoms with Gasteiger partial charge in [-0.2, -0.15) is 5.10 Å². The van der Waals surface area contributed by atoms with Gasteiger partial charge in [0.15, 0.2) is 9.84 Å². The van der Waals surface area contributed by atoms with Crippen LogP contribution in [0.25, 0.3) is 0 Å². The Morgan fingerprint density at radius 1 is 1.39 bits per heavy atom. The van der Waals surface area contributed by atoms with Gasteiger partial charge in [-0.1, -0.05) is 0 Å². The number of aromatic hydroxyl groups is 1. The third-order valence-electron chi connectivity index (χ3n) is 4.78. The molecule has 1 heterocycles. The van der Waals surface area contributed by atoms with Crippen molar-refractivity contribution in [1.29, 1.82) is 0 Å². The average Bonchev–Trinajstić information content (AvgIpc) is 3.41. The zero-order valence-electron chi connectivity index (χ0n) is 16.4. The van der Waals surface area contributed by atoms with Gasteiger partial charge in [0.25, 0.3) is 0 Å². The number of aryl methyl sites for hydroxylation is 1. The predicted octanol–water partition coefficient (Wildman–Crippen LogP) is 2.68. The van der Waals surface area contributed by atoms with Crippen molar-refractivity contribution in [2.24, 2.45) is 7.05 Å². The molecule has 1 aliphatic carbocycles. The number of methoxy groups -OCH3 is 1. The van der Waals surface area contributed by atoms with Crippen molar-refractivity contribution in [3.05, 3.63) is 34.5 Å². The Morgan fingerprint density at radius 2 is 2.07 bits per heavy atom. The van der Waals surface area contributed by atoms with Gasteiger partial charge in [0.2, 0.25) is 11.7 Å². The van der Waals surface area contributed by atoms with Crippen LogP contribution in [0, 0.1) is 6.92 Å². The molecule has 3 rings (SSSR count). The van der Waals surface area contributed by atoms with Crippen molar-refractivity contribution in [3.63, 3.8) is 0 Å². The Kier molecular flexibility index (Phi) is 5.88. The molecule has 1 saturated carbocycles. The number of rotatable bonds is 8. The van der Waals surface area contributed by atoms with Gasteiger partial charge in [-0.15, -0.1) is 11.8 Å². The van der Waals surface area contributed by atoms with E-state index in [1.807, 2.05) is 0 Å². The molecule has 0 amide bonds. The summed E-state index contributed by atoms with van der Waals surface area (Å²) in [6.45, 7) is 2.20. The van der Waals surface area contributed by atoms with Gasteiger partial charge in [0.05, 0.1) is 17.2 Å². The van der Waals surface area contributed by atoms with E-state index in [1.54, 1.807) is 21.1 Å². The molecular formula is C19H24N2O5S2. The maximum atomic E-state index is 13.3. The van der Waals surface area contributed by atoms with E-state index in [0.717, 1.165) is 19.1 Å². The van der Waals surface area contributed by atoms with Crippen LogP contribution in [-0.2, 0) is 21.6 Å². The van der Waals surface area contributed by atoms with Crippen LogP contribution in [-0.4, -0.2) is 54.8 Å². The van der Waals surface area contributed by atoms with Gasteiger partial charge in [-0.25, -0.2) is 13.1 Å². The quantitative estimate of drug-likeness (QED) is 0.395. The number of hydrogen-bond acceptors (Lipinski definition) is 7. The molecule has 7 nitrogen and oxygen atoms in total. The number of aromatic nitrogens is 2. The van der Waals surface area contributed by atoms with E-state index in [-0.39, 0.29) is 28.0 Å². The molecule has 9 heteroatoms. The largest absolute Gasteiger partial charge is 0.493 e. The number of nitrogens with zero attached hydrogens (tertiary/aromatic N) is 2. The first-order chi connectivity index (χ1) is 13.2. The van der Waals surface area contributed by atoms with Crippen molar-refractivity contribution >= 4 is 27.4 Å². The lowest BCUT2D eigenvalue weighted by molar-refractivity contribution is 0.103. The number of hydrogen-bond donors (Lipinski definition) is 1. The lowest BCUT2D eigenvalue weighted by Gasteiger charge is -2.15. The Bertz CT molecular complexity index is 1020. The number of sulfone groups is 1. The molecule has 0 saturated heterocycles. The van der Waals surface area contributed by atoms with Gasteiger partial charge in [0, 0.05) is 42.5 Å². The third kappa shape index (κ3) is 3.97. The summed E-state index contributed by atoms with van der Waals surface area (Å²) in [7, 11) is -0.275. The molecule has 28 heavy (non-hydrogen) atoms. The highest BCUT2D eigenvalue weighted by molar-refractivity contribution is 8.00. The lowest BCUT2D eigenvalue weighted by Crippen LogP contribution is -2.10. The molecule has 1 aromatic heterocycles. The summed E-state index contributed by atoms with van der Waals surface area (Å²) < 4.78 is 30.8. The van der Waals surface area contributed by atoms with E-state index >= 15 is 0 Å². The van der Waals surface area contributed by atoms with Gasteiger partial charge in [-0.05, 0) is 37.5 Å². The molecule has 0 unspecified atom stereocenters. The summed E-state index contributed by atoms with van der Waals surface area (Å²) in [5.74, 6) is 0.256. The summed E-state index contributed by atoms with van der Waals surface area (Å²) in [6, 6.07) is 2.99. The van der Waals surface area contributed by atoms with Gasteiger partial charge < -0.3 is 9.84 Å². The molecule has 1 aromatic carbocycles. The predicted molar refractivity (Wildman–Crippen MR) is 107 cm³/mol. The first kappa shape index (κ1) is 20.9. The number of thioether (sulfide) groups is 1. The fraction of sp³-hybridized carbons (Fsp3) is 0.474. The van der Waals surface area contributed by atoms with Crippen LogP contribution in [0.2, 0.25) is 0 Å². The molecule has 0 atom stereocenters. The molecule has 0 aliphatic heterocycles. The topological polar surface area (TPSA) is 98.5 Å². The van der Waals surface area contributed by atoms with Crippen molar-refractivity contribution in [1.82, 2.24) is 9.78 Å². The highest BCUT2D eigenvalue weighted by Crippen LogP contribution is 2.44.